The van der Waals surface area contributed by atoms with E-state index in [4.69, 9.17) is 58.7 Å². The van der Waals surface area contributed by atoms with Crippen LogP contribution in [0.1, 0.15) is 85.5 Å². The second kappa shape index (κ2) is 19.4. The SMILES string of the molecule is COC[C@H](NC(=O)[C@@H](OC(=O)C(C)(C)/C=C/c1ccc2ccc([C@@H](C)NC(=O)OC(C)(C)C)nc2c1)C(C)C)C(=O)N1CCC[C@@H](C(=O)OCC(Cl)(Cl)Cl)N1. The molecule has 17 heteroatoms. The maximum Gasteiger partial charge on any atom is 0.408 e. The van der Waals surface area contributed by atoms with Gasteiger partial charge in [0.1, 0.15) is 24.3 Å². The van der Waals surface area contributed by atoms with E-state index >= 15 is 0 Å². The van der Waals surface area contributed by atoms with Gasteiger partial charge < -0.3 is 29.6 Å². The van der Waals surface area contributed by atoms with E-state index in [1.54, 1.807) is 60.6 Å². The number of rotatable bonds is 14. The van der Waals surface area contributed by atoms with Crippen LogP contribution in [0.15, 0.2) is 36.4 Å². The molecule has 1 aliphatic heterocycles. The van der Waals surface area contributed by atoms with Gasteiger partial charge in [0.25, 0.3) is 11.8 Å². The van der Waals surface area contributed by atoms with Gasteiger partial charge in [-0.3, -0.25) is 29.2 Å². The van der Waals surface area contributed by atoms with Crippen LogP contribution in [-0.2, 0) is 38.1 Å². The zero-order chi connectivity index (χ0) is 41.3. The number of alkyl carbamates (subject to hydrolysis) is 1. The van der Waals surface area contributed by atoms with Crippen molar-refractivity contribution in [2.45, 2.75) is 102 Å². The second-order valence-electron chi connectivity index (χ2n) is 15.2. The summed E-state index contributed by atoms with van der Waals surface area (Å²) >= 11 is 17.1. The Morgan fingerprint density at radius 2 is 1.69 bits per heavy atom. The van der Waals surface area contributed by atoms with Crippen molar-refractivity contribution < 1.29 is 42.9 Å². The minimum absolute atomic E-state index is 0.195. The van der Waals surface area contributed by atoms with Crippen molar-refractivity contribution in [2.75, 3.05) is 26.9 Å². The van der Waals surface area contributed by atoms with Gasteiger partial charge >= 0.3 is 18.0 Å². The van der Waals surface area contributed by atoms with Gasteiger partial charge in [-0.15, -0.1) is 0 Å². The number of hydrogen-bond donors (Lipinski definition) is 3. The molecule has 2 heterocycles. The molecule has 0 saturated carbocycles. The van der Waals surface area contributed by atoms with E-state index in [0.717, 1.165) is 10.9 Å². The van der Waals surface area contributed by atoms with Crippen molar-refractivity contribution >= 4 is 81.6 Å². The highest BCUT2D eigenvalue weighted by Crippen LogP contribution is 2.27. The van der Waals surface area contributed by atoms with E-state index in [0.29, 0.717) is 24.1 Å². The fourth-order valence-corrected chi connectivity index (χ4v) is 5.50. The largest absolute Gasteiger partial charge is 0.460 e. The lowest BCUT2D eigenvalue weighted by Gasteiger charge is -2.35. The molecule has 0 radical (unpaired) electrons. The fourth-order valence-electron chi connectivity index (χ4n) is 5.34. The number of nitrogens with zero attached hydrogens (tertiary/aromatic N) is 2. The normalized spacial score (nSPS) is 17.0. The van der Waals surface area contributed by atoms with Crippen LogP contribution in [0.25, 0.3) is 17.0 Å². The highest BCUT2D eigenvalue weighted by atomic mass is 35.6. The van der Waals surface area contributed by atoms with Gasteiger partial charge in [-0.1, -0.05) is 79.0 Å². The molecule has 1 aliphatic rings. The molecule has 55 heavy (non-hydrogen) atoms. The average molecular weight is 829 g/mol. The first-order chi connectivity index (χ1) is 25.5. The predicted molar refractivity (Wildman–Crippen MR) is 210 cm³/mol. The summed E-state index contributed by atoms with van der Waals surface area (Å²) < 4.78 is 19.6. The average Bonchev–Trinajstić information content (AvgIpc) is 3.09. The van der Waals surface area contributed by atoms with Crippen molar-refractivity contribution in [3.8, 4) is 0 Å². The minimum atomic E-state index is -1.79. The molecular weight excluding hydrogens is 777 g/mol. The fraction of sp³-hybridized carbons (Fsp3) is 0.579. The molecule has 0 bridgehead atoms. The molecule has 304 valence electrons. The van der Waals surface area contributed by atoms with Crippen LogP contribution in [0.2, 0.25) is 0 Å². The van der Waals surface area contributed by atoms with Gasteiger partial charge in [0.15, 0.2) is 6.10 Å². The molecule has 1 aromatic heterocycles. The minimum Gasteiger partial charge on any atom is -0.460 e. The lowest BCUT2D eigenvalue weighted by molar-refractivity contribution is -0.165. The summed E-state index contributed by atoms with van der Waals surface area (Å²) in [5.41, 5.74) is 3.11. The van der Waals surface area contributed by atoms with Crippen molar-refractivity contribution in [1.29, 1.82) is 0 Å². The highest BCUT2D eigenvalue weighted by molar-refractivity contribution is 6.67. The van der Waals surface area contributed by atoms with E-state index in [2.05, 4.69) is 16.1 Å². The number of methoxy groups -OCH3 is 1. The maximum absolute atomic E-state index is 13.6. The third-order valence-corrected chi connectivity index (χ3v) is 8.62. The van der Waals surface area contributed by atoms with Gasteiger partial charge in [0.05, 0.1) is 29.3 Å². The number of halogens is 3. The van der Waals surface area contributed by atoms with Crippen molar-refractivity contribution in [3.05, 3.63) is 47.7 Å². The van der Waals surface area contributed by atoms with Gasteiger partial charge in [-0.05, 0) is 78.0 Å². The Morgan fingerprint density at radius 3 is 2.31 bits per heavy atom. The molecule has 1 fully saturated rings. The van der Waals surface area contributed by atoms with E-state index < -0.39 is 81.4 Å². The van der Waals surface area contributed by atoms with Crippen LogP contribution in [-0.4, -0.2) is 94.3 Å². The number of esters is 2. The standard InChI is InChI=1S/C38H52Cl3N5O9/c1-22(2)30(31(47)44-29(20-52-9)32(48)46-18-10-11-27(45-46)33(49)53-21-38(39,40)41)54-34(50)37(7,8)17-16-24-12-13-25-14-15-26(43-28(25)19-24)23(3)42-35(51)55-36(4,5)6/h12-17,19,22-23,27,29-30,45H,10-11,18,20-21H2,1-9H3,(H,42,51)(H,44,47)/b17-16+/t23-,27+,29+,30+/m1/s1. The Bertz CT molecular complexity index is 1730. The maximum atomic E-state index is 13.6. The molecule has 3 amide bonds. The van der Waals surface area contributed by atoms with Gasteiger partial charge in [0, 0.05) is 19.0 Å². The molecule has 14 nitrogen and oxygen atoms in total. The first kappa shape index (κ1) is 45.7. The van der Waals surface area contributed by atoms with Gasteiger partial charge in [0.2, 0.25) is 3.79 Å². The van der Waals surface area contributed by atoms with E-state index in [1.165, 1.54) is 12.1 Å². The Hall–Kier alpha value is -3.69. The number of hydrazine groups is 1. The molecule has 3 rings (SSSR count). The zero-order valence-corrected chi connectivity index (χ0v) is 34.9. The summed E-state index contributed by atoms with van der Waals surface area (Å²) in [7, 11) is 1.37. The summed E-state index contributed by atoms with van der Waals surface area (Å²) in [6.45, 7) is 13.5. The third-order valence-electron chi connectivity index (χ3n) is 8.29. The third kappa shape index (κ3) is 14.4. The molecule has 4 atom stereocenters. The summed E-state index contributed by atoms with van der Waals surface area (Å²) in [6, 6.07) is 6.92. The molecule has 2 aromatic rings. The summed E-state index contributed by atoms with van der Waals surface area (Å²) in [4.78, 5) is 70.2. The second-order valence-corrected chi connectivity index (χ2v) is 17.8. The van der Waals surface area contributed by atoms with Gasteiger partial charge in [-0.25, -0.2) is 10.2 Å². The Kier molecular flexibility index (Phi) is 16.2. The number of fused-ring (bicyclic) bond motifs is 1. The first-order valence-electron chi connectivity index (χ1n) is 17.9. The van der Waals surface area contributed by atoms with Gasteiger partial charge in [-0.2, -0.15) is 0 Å². The number of pyridine rings is 1. The topological polar surface area (TPSA) is 174 Å². The number of nitrogens with one attached hydrogen (secondary N) is 3. The molecule has 1 aromatic carbocycles. The molecule has 0 spiro atoms. The van der Waals surface area contributed by atoms with Crippen molar-refractivity contribution in [3.63, 3.8) is 0 Å². The highest BCUT2D eigenvalue weighted by Gasteiger charge is 2.38. The number of benzene rings is 1. The quantitative estimate of drug-likeness (QED) is 0.116. The summed E-state index contributed by atoms with van der Waals surface area (Å²) in [5, 5.41) is 7.55. The number of hydrogen-bond acceptors (Lipinski definition) is 11. The number of carbonyl (C=O) groups excluding carboxylic acids is 5. The number of amides is 3. The first-order valence-corrected chi connectivity index (χ1v) is 19.0. The summed E-state index contributed by atoms with van der Waals surface area (Å²) in [6.07, 6.45) is 2.48. The molecular formula is C38H52Cl3N5O9. The van der Waals surface area contributed by atoms with Crippen molar-refractivity contribution in [2.24, 2.45) is 11.3 Å². The van der Waals surface area contributed by atoms with E-state index in [-0.39, 0.29) is 13.2 Å². The van der Waals surface area contributed by atoms with Crippen LogP contribution in [0.4, 0.5) is 4.79 Å². The number of aromatic nitrogens is 1. The number of alkyl halides is 3. The number of carbonyl (C=O) groups is 5. The van der Waals surface area contributed by atoms with E-state index in [1.807, 2.05) is 37.3 Å². The van der Waals surface area contributed by atoms with Crippen molar-refractivity contribution in [1.82, 2.24) is 26.1 Å². The molecule has 0 unspecified atom stereocenters. The zero-order valence-electron chi connectivity index (χ0n) is 32.7. The van der Waals surface area contributed by atoms with Crippen LogP contribution >= 0.6 is 34.8 Å². The Balaban J connectivity index is 1.68. The van der Waals surface area contributed by atoms with E-state index in [9.17, 15) is 24.0 Å². The monoisotopic (exact) mass is 827 g/mol. The molecule has 0 aliphatic carbocycles. The predicted octanol–water partition coefficient (Wildman–Crippen LogP) is 5.97. The smallest absolute Gasteiger partial charge is 0.408 e. The molecule has 1 saturated heterocycles. The van der Waals surface area contributed by atoms with Crippen LogP contribution < -0.4 is 16.1 Å². The Labute approximate surface area is 337 Å². The number of ether oxygens (including phenoxy) is 4. The summed E-state index contributed by atoms with van der Waals surface area (Å²) in [5.74, 6) is -3.09. The van der Waals surface area contributed by atoms with Crippen LogP contribution in [0.3, 0.4) is 0 Å². The molecule has 3 N–H and O–H groups in total. The lowest BCUT2D eigenvalue weighted by Crippen LogP contribution is -2.61. The lowest BCUT2D eigenvalue weighted by atomic mass is 9.92. The Morgan fingerprint density at radius 1 is 1.02 bits per heavy atom. The van der Waals surface area contributed by atoms with Crippen LogP contribution in [0, 0.1) is 11.3 Å². The van der Waals surface area contributed by atoms with Crippen LogP contribution in [0.5, 0.6) is 0 Å².